The first kappa shape index (κ1) is 35.1. The average Bonchev–Trinajstić information content (AvgIpc) is 3.04. The van der Waals surface area contributed by atoms with Gasteiger partial charge in [-0.25, -0.2) is 26.3 Å². The van der Waals surface area contributed by atoms with Crippen molar-refractivity contribution in [2.75, 3.05) is 19.8 Å². The largest absolute Gasteiger partial charge is 0.493 e. The zero-order valence-electron chi connectivity index (χ0n) is 25.0. The molecule has 0 saturated heterocycles. The number of alkyl halides is 1. The van der Waals surface area contributed by atoms with E-state index in [1.54, 1.807) is 12.1 Å². The normalized spacial score (nSPS) is 10.6. The van der Waals surface area contributed by atoms with Crippen LogP contribution in [-0.2, 0) is 6.67 Å². The lowest BCUT2D eigenvalue weighted by atomic mass is 10.0. The van der Waals surface area contributed by atoms with E-state index in [2.05, 4.69) is 4.94 Å². The molecule has 0 atom stereocenters. The van der Waals surface area contributed by atoms with E-state index in [1.165, 1.54) is 24.3 Å². The Labute approximate surface area is 257 Å². The number of benzene rings is 4. The van der Waals surface area contributed by atoms with E-state index in [0.29, 0.717) is 48.2 Å². The molecule has 0 bridgehead atoms. The third-order valence-corrected chi connectivity index (χ3v) is 6.26. The van der Waals surface area contributed by atoms with Crippen LogP contribution < -0.4 is 19.2 Å². The Morgan fingerprint density at radius 1 is 0.533 bits per heavy atom. The maximum absolute atomic E-state index is 14.2. The van der Waals surface area contributed by atoms with E-state index in [4.69, 9.17) is 14.2 Å². The van der Waals surface area contributed by atoms with Crippen LogP contribution >= 0.6 is 0 Å². The minimum atomic E-state index is -1.52. The lowest BCUT2D eigenvalue weighted by Crippen LogP contribution is -2.04. The lowest BCUT2D eigenvalue weighted by Gasteiger charge is -2.19. The highest BCUT2D eigenvalue weighted by atomic mass is 19.3. The highest BCUT2D eigenvalue weighted by molar-refractivity contribution is 5.78. The fraction of sp³-hybridized carbons (Fsp3) is 0.294. The summed E-state index contributed by atoms with van der Waals surface area (Å²) in [7, 11) is 0. The number of halogens is 7. The van der Waals surface area contributed by atoms with E-state index in [9.17, 15) is 30.9 Å². The molecule has 0 fully saturated rings. The summed E-state index contributed by atoms with van der Waals surface area (Å²) in [6.45, 7) is 6.07. The van der Waals surface area contributed by atoms with Crippen LogP contribution in [0.25, 0.3) is 22.3 Å². The summed E-state index contributed by atoms with van der Waals surface area (Å²) in [4.78, 5) is 3.46. The van der Waals surface area contributed by atoms with Gasteiger partial charge in [0, 0.05) is 16.7 Å². The predicted octanol–water partition coefficient (Wildman–Crippen LogP) is 10.5. The summed E-state index contributed by atoms with van der Waals surface area (Å²) < 4.78 is 109. The van der Waals surface area contributed by atoms with Gasteiger partial charge < -0.3 is 14.2 Å². The van der Waals surface area contributed by atoms with E-state index < -0.39 is 41.3 Å². The molecule has 0 spiro atoms. The SMILES string of the molecule is CCCOc1cc(OCCC)c(-c2cc(F)c(CF)c(F)c2)c(OCCC)c1.FOc1ccc(-c2cc(F)c(F)c(F)c2)cc1. The van der Waals surface area contributed by atoms with Crippen LogP contribution in [0.15, 0.2) is 60.7 Å². The summed E-state index contributed by atoms with van der Waals surface area (Å²) in [5.74, 6) is -4.59. The Bertz CT molecular complexity index is 1470. The van der Waals surface area contributed by atoms with E-state index in [0.717, 1.165) is 43.5 Å². The van der Waals surface area contributed by atoms with Gasteiger partial charge in [0.1, 0.15) is 35.6 Å². The van der Waals surface area contributed by atoms with Gasteiger partial charge in [0.2, 0.25) is 0 Å². The Morgan fingerprint density at radius 2 is 1.00 bits per heavy atom. The molecule has 4 aromatic carbocycles. The molecule has 0 radical (unpaired) electrons. The molecule has 0 N–H and O–H groups in total. The zero-order valence-corrected chi connectivity index (χ0v) is 25.0. The van der Waals surface area contributed by atoms with Crippen molar-refractivity contribution in [3.63, 3.8) is 0 Å². The summed E-state index contributed by atoms with van der Waals surface area (Å²) >= 11 is 0. The van der Waals surface area contributed by atoms with Crippen molar-refractivity contribution in [3.8, 4) is 45.3 Å². The molecule has 0 saturated carbocycles. The van der Waals surface area contributed by atoms with Crippen LogP contribution in [0.1, 0.15) is 45.6 Å². The quantitative estimate of drug-likeness (QED) is 0.108. The third kappa shape index (κ3) is 9.29. The first-order valence-electron chi connectivity index (χ1n) is 14.3. The fourth-order valence-electron chi connectivity index (χ4n) is 4.10. The number of hydrogen-bond donors (Lipinski definition) is 0. The van der Waals surface area contributed by atoms with Crippen LogP contribution in [-0.4, -0.2) is 19.8 Å². The summed E-state index contributed by atoms with van der Waals surface area (Å²) in [5.41, 5.74) is 0.648. The molecule has 45 heavy (non-hydrogen) atoms. The van der Waals surface area contributed by atoms with Gasteiger partial charge in [-0.15, -0.1) is 0 Å². The van der Waals surface area contributed by atoms with Crippen molar-refractivity contribution in [2.45, 2.75) is 46.7 Å². The molecule has 0 aliphatic heterocycles. The molecule has 242 valence electrons. The number of ether oxygens (including phenoxy) is 3. The molecular formula is C34H33F7O4. The van der Waals surface area contributed by atoms with Crippen molar-refractivity contribution in [3.05, 3.63) is 95.3 Å². The molecule has 0 unspecified atom stereocenters. The van der Waals surface area contributed by atoms with Crippen LogP contribution in [0.4, 0.5) is 30.9 Å². The molecule has 0 heterocycles. The van der Waals surface area contributed by atoms with Gasteiger partial charge in [-0.1, -0.05) is 32.9 Å². The zero-order chi connectivity index (χ0) is 32.9. The fourth-order valence-corrected chi connectivity index (χ4v) is 4.10. The molecule has 0 aliphatic carbocycles. The summed E-state index contributed by atoms with van der Waals surface area (Å²) in [6, 6.07) is 12.7. The highest BCUT2D eigenvalue weighted by Gasteiger charge is 2.20. The second kappa shape index (κ2) is 17.2. The number of rotatable bonds is 13. The maximum atomic E-state index is 14.2. The molecule has 0 aliphatic rings. The van der Waals surface area contributed by atoms with Crippen LogP contribution in [0.3, 0.4) is 0 Å². The average molecular weight is 639 g/mol. The number of hydrogen-bond acceptors (Lipinski definition) is 4. The van der Waals surface area contributed by atoms with Crippen molar-refractivity contribution in [2.24, 2.45) is 0 Å². The Kier molecular flexibility index (Phi) is 13.4. The standard InChI is InChI=1S/C22H27F3O3.C12H6F4O/c1-4-7-26-16-12-20(27-8-5-2)22(21(13-16)28-9-6-3)15-10-18(24)17(14-23)19(25)11-15;13-10-5-8(6-11(14)12(10)15)7-1-3-9(17-16)4-2-7/h10-13H,4-9,14H2,1-3H3;1-6H. The first-order chi connectivity index (χ1) is 21.7. The van der Waals surface area contributed by atoms with Crippen LogP contribution in [0.2, 0.25) is 0 Å². The van der Waals surface area contributed by atoms with Crippen molar-refractivity contribution in [1.29, 1.82) is 0 Å². The summed E-state index contributed by atoms with van der Waals surface area (Å²) in [6.07, 6.45) is 2.35. The van der Waals surface area contributed by atoms with E-state index >= 15 is 0 Å². The predicted molar refractivity (Wildman–Crippen MR) is 157 cm³/mol. The van der Waals surface area contributed by atoms with Gasteiger partial charge in [0.15, 0.2) is 23.2 Å². The smallest absolute Gasteiger partial charge is 0.194 e. The van der Waals surface area contributed by atoms with E-state index in [-0.39, 0.29) is 16.9 Å². The molecule has 0 amide bonds. The van der Waals surface area contributed by atoms with Crippen molar-refractivity contribution >= 4 is 0 Å². The molecule has 4 aromatic rings. The van der Waals surface area contributed by atoms with Gasteiger partial charge in [0.25, 0.3) is 0 Å². The van der Waals surface area contributed by atoms with Gasteiger partial charge in [-0.3, -0.25) is 4.94 Å². The Morgan fingerprint density at radius 3 is 1.44 bits per heavy atom. The van der Waals surface area contributed by atoms with Crippen LogP contribution in [0, 0.1) is 29.1 Å². The van der Waals surface area contributed by atoms with Gasteiger partial charge in [-0.05, 0) is 72.4 Å². The Balaban J connectivity index is 0.000000276. The first-order valence-corrected chi connectivity index (χ1v) is 14.3. The Hall–Kier alpha value is -4.41. The van der Waals surface area contributed by atoms with Crippen LogP contribution in [0.5, 0.6) is 23.0 Å². The monoisotopic (exact) mass is 638 g/mol. The molecule has 4 nitrogen and oxygen atoms in total. The topological polar surface area (TPSA) is 36.9 Å². The summed E-state index contributed by atoms with van der Waals surface area (Å²) in [5, 5.41) is 0. The minimum absolute atomic E-state index is 0.0307. The van der Waals surface area contributed by atoms with E-state index in [1.807, 2.05) is 20.8 Å². The van der Waals surface area contributed by atoms with Gasteiger partial charge in [0.05, 0.1) is 30.9 Å². The van der Waals surface area contributed by atoms with Gasteiger partial charge >= 0.3 is 0 Å². The van der Waals surface area contributed by atoms with Crippen molar-refractivity contribution in [1.82, 2.24) is 0 Å². The molecule has 11 heteroatoms. The highest BCUT2D eigenvalue weighted by Crippen LogP contribution is 2.43. The second-order valence-electron chi connectivity index (χ2n) is 9.75. The molecule has 4 rings (SSSR count). The van der Waals surface area contributed by atoms with Crippen molar-refractivity contribution < 1.29 is 50.0 Å². The molecular weight excluding hydrogens is 605 g/mol. The molecule has 0 aromatic heterocycles. The second-order valence-corrected chi connectivity index (χ2v) is 9.75. The third-order valence-electron chi connectivity index (χ3n) is 6.26. The van der Waals surface area contributed by atoms with Gasteiger partial charge in [-0.2, -0.15) is 0 Å². The maximum Gasteiger partial charge on any atom is 0.194 e. The minimum Gasteiger partial charge on any atom is -0.493 e. The lowest BCUT2D eigenvalue weighted by molar-refractivity contribution is -0.00618.